The van der Waals surface area contributed by atoms with Crippen molar-refractivity contribution in [3.8, 4) is 0 Å². The maximum Gasteiger partial charge on any atom is 0.0484 e. The fourth-order valence-corrected chi connectivity index (χ4v) is 2.36. The molecule has 0 aliphatic rings. The summed E-state index contributed by atoms with van der Waals surface area (Å²) in [5, 5.41) is 3.20. The maximum atomic E-state index is 6.40. The van der Waals surface area contributed by atoms with Gasteiger partial charge in [-0.05, 0) is 34.0 Å². The summed E-state index contributed by atoms with van der Waals surface area (Å²) in [6.45, 7) is 0. The molecule has 0 atom stereocenters. The average molecular weight is 265 g/mol. The van der Waals surface area contributed by atoms with Gasteiger partial charge in [0.15, 0.2) is 0 Å². The minimum absolute atomic E-state index is 0.761. The molecule has 3 aromatic rings. The van der Waals surface area contributed by atoms with Crippen molar-refractivity contribution in [1.29, 1.82) is 0 Å². The van der Waals surface area contributed by atoms with E-state index in [1.807, 2.05) is 48.5 Å². The standard InChI is InChI=1S/C18H13Cl/c19-18(12-14-6-2-1-3-7-14)17-11-10-15-8-4-5-9-16(15)13-17/h1-13H/b18-12-. The van der Waals surface area contributed by atoms with Crippen LogP contribution in [-0.4, -0.2) is 0 Å². The van der Waals surface area contributed by atoms with E-state index in [1.165, 1.54) is 10.8 Å². The molecule has 1 heteroatoms. The highest BCUT2D eigenvalue weighted by Crippen LogP contribution is 2.25. The van der Waals surface area contributed by atoms with Crippen LogP contribution in [-0.2, 0) is 0 Å². The molecule has 0 saturated heterocycles. The zero-order chi connectivity index (χ0) is 13.1. The van der Waals surface area contributed by atoms with E-state index < -0.39 is 0 Å². The highest BCUT2D eigenvalue weighted by Gasteiger charge is 2.00. The van der Waals surface area contributed by atoms with Gasteiger partial charge in [0, 0.05) is 5.03 Å². The molecule has 3 aromatic carbocycles. The molecule has 0 aromatic heterocycles. The van der Waals surface area contributed by atoms with Crippen molar-refractivity contribution >= 4 is 33.5 Å². The largest absolute Gasteiger partial charge is 0.0837 e. The van der Waals surface area contributed by atoms with Crippen molar-refractivity contribution in [2.24, 2.45) is 0 Å². The Balaban J connectivity index is 2.02. The monoisotopic (exact) mass is 264 g/mol. The molecule has 0 heterocycles. The third kappa shape index (κ3) is 2.69. The Kier molecular flexibility index (Phi) is 3.35. The summed E-state index contributed by atoms with van der Waals surface area (Å²) in [5.41, 5.74) is 2.16. The Morgan fingerprint density at radius 1 is 0.737 bits per heavy atom. The minimum atomic E-state index is 0.761. The van der Waals surface area contributed by atoms with E-state index in [0.29, 0.717) is 0 Å². The molecule has 0 fully saturated rings. The quantitative estimate of drug-likeness (QED) is 0.530. The van der Waals surface area contributed by atoms with Crippen LogP contribution in [0.2, 0.25) is 0 Å². The van der Waals surface area contributed by atoms with Gasteiger partial charge in [0.05, 0.1) is 0 Å². The molecule has 0 amide bonds. The SMILES string of the molecule is Cl/C(=C\c1ccccc1)c1ccc2ccccc2c1. The molecule has 19 heavy (non-hydrogen) atoms. The number of hydrogen-bond acceptors (Lipinski definition) is 0. The minimum Gasteiger partial charge on any atom is -0.0837 e. The van der Waals surface area contributed by atoms with Crippen molar-refractivity contribution in [2.45, 2.75) is 0 Å². The molecule has 0 nitrogen and oxygen atoms in total. The van der Waals surface area contributed by atoms with Crippen LogP contribution in [0.1, 0.15) is 11.1 Å². The lowest BCUT2D eigenvalue weighted by Crippen LogP contribution is -1.79. The van der Waals surface area contributed by atoms with Crippen LogP contribution < -0.4 is 0 Å². The van der Waals surface area contributed by atoms with Gasteiger partial charge in [0.2, 0.25) is 0 Å². The molecule has 0 saturated carbocycles. The van der Waals surface area contributed by atoms with Gasteiger partial charge in [-0.25, -0.2) is 0 Å². The van der Waals surface area contributed by atoms with Crippen molar-refractivity contribution in [3.63, 3.8) is 0 Å². The lowest BCUT2D eigenvalue weighted by atomic mass is 10.1. The maximum absolute atomic E-state index is 6.40. The predicted molar refractivity (Wildman–Crippen MR) is 84.1 cm³/mol. The Morgan fingerprint density at radius 2 is 1.42 bits per heavy atom. The Bertz CT molecular complexity index is 727. The molecule has 0 N–H and O–H groups in total. The Labute approximate surface area is 118 Å². The number of rotatable bonds is 2. The molecule has 0 spiro atoms. The van der Waals surface area contributed by atoms with Crippen molar-refractivity contribution in [1.82, 2.24) is 0 Å². The van der Waals surface area contributed by atoms with Crippen LogP contribution in [0, 0.1) is 0 Å². The third-order valence-electron chi connectivity index (χ3n) is 3.12. The van der Waals surface area contributed by atoms with Gasteiger partial charge in [-0.15, -0.1) is 0 Å². The number of fused-ring (bicyclic) bond motifs is 1. The Morgan fingerprint density at radius 3 is 2.21 bits per heavy atom. The van der Waals surface area contributed by atoms with Gasteiger partial charge in [-0.2, -0.15) is 0 Å². The molecule has 0 bridgehead atoms. The molecular weight excluding hydrogens is 252 g/mol. The van der Waals surface area contributed by atoms with Gasteiger partial charge in [0.1, 0.15) is 0 Å². The average Bonchev–Trinajstić information content (AvgIpc) is 2.48. The summed E-state index contributed by atoms with van der Waals surface area (Å²) in [6, 6.07) is 24.7. The van der Waals surface area contributed by atoms with E-state index in [0.717, 1.165) is 16.2 Å². The van der Waals surface area contributed by atoms with Crippen LogP contribution in [0.3, 0.4) is 0 Å². The zero-order valence-electron chi connectivity index (χ0n) is 10.4. The molecule has 0 aliphatic heterocycles. The van der Waals surface area contributed by atoms with Crippen LogP contribution in [0.4, 0.5) is 0 Å². The lowest BCUT2D eigenvalue weighted by Gasteiger charge is -2.03. The number of hydrogen-bond donors (Lipinski definition) is 0. The van der Waals surface area contributed by atoms with Crippen LogP contribution >= 0.6 is 11.6 Å². The fraction of sp³-hybridized carbons (Fsp3) is 0. The molecular formula is C18H13Cl. The molecule has 0 radical (unpaired) electrons. The first-order chi connectivity index (χ1) is 9.33. The van der Waals surface area contributed by atoms with Crippen molar-refractivity contribution in [2.75, 3.05) is 0 Å². The van der Waals surface area contributed by atoms with Crippen LogP contribution in [0.25, 0.3) is 21.9 Å². The summed E-state index contributed by atoms with van der Waals surface area (Å²) in [5.74, 6) is 0. The lowest BCUT2D eigenvalue weighted by molar-refractivity contribution is 1.65. The van der Waals surface area contributed by atoms with Crippen molar-refractivity contribution in [3.05, 3.63) is 83.9 Å². The second-order valence-electron chi connectivity index (χ2n) is 4.46. The number of benzene rings is 3. The summed E-state index contributed by atoms with van der Waals surface area (Å²) in [7, 11) is 0. The molecule has 0 unspecified atom stereocenters. The van der Waals surface area contributed by atoms with Gasteiger partial charge < -0.3 is 0 Å². The van der Waals surface area contributed by atoms with E-state index in [-0.39, 0.29) is 0 Å². The van der Waals surface area contributed by atoms with E-state index in [2.05, 4.69) is 30.3 Å². The Hall–Kier alpha value is -2.05. The van der Waals surface area contributed by atoms with Gasteiger partial charge in [-0.3, -0.25) is 0 Å². The summed E-state index contributed by atoms with van der Waals surface area (Å²) in [6.07, 6.45) is 1.99. The van der Waals surface area contributed by atoms with E-state index >= 15 is 0 Å². The molecule has 3 rings (SSSR count). The van der Waals surface area contributed by atoms with Crippen LogP contribution in [0.15, 0.2) is 72.8 Å². The van der Waals surface area contributed by atoms with E-state index in [4.69, 9.17) is 11.6 Å². The zero-order valence-corrected chi connectivity index (χ0v) is 11.1. The summed E-state index contributed by atoms with van der Waals surface area (Å²) >= 11 is 6.40. The predicted octanol–water partition coefficient (Wildman–Crippen LogP) is 5.58. The highest BCUT2D eigenvalue weighted by atomic mass is 35.5. The van der Waals surface area contributed by atoms with Gasteiger partial charge >= 0.3 is 0 Å². The molecule has 92 valence electrons. The first-order valence-electron chi connectivity index (χ1n) is 6.24. The highest BCUT2D eigenvalue weighted by molar-refractivity contribution is 6.51. The van der Waals surface area contributed by atoms with Gasteiger partial charge in [0.25, 0.3) is 0 Å². The molecule has 0 aliphatic carbocycles. The van der Waals surface area contributed by atoms with E-state index in [1.54, 1.807) is 0 Å². The van der Waals surface area contributed by atoms with Gasteiger partial charge in [-0.1, -0.05) is 78.3 Å². The smallest absolute Gasteiger partial charge is 0.0484 e. The normalized spacial score (nSPS) is 11.7. The summed E-state index contributed by atoms with van der Waals surface area (Å²) < 4.78 is 0. The third-order valence-corrected chi connectivity index (χ3v) is 3.45. The van der Waals surface area contributed by atoms with E-state index in [9.17, 15) is 0 Å². The van der Waals surface area contributed by atoms with Crippen LogP contribution in [0.5, 0.6) is 0 Å². The second kappa shape index (κ2) is 5.29. The topological polar surface area (TPSA) is 0 Å². The summed E-state index contributed by atoms with van der Waals surface area (Å²) in [4.78, 5) is 0. The first-order valence-corrected chi connectivity index (χ1v) is 6.62. The number of halogens is 1. The second-order valence-corrected chi connectivity index (χ2v) is 4.87. The fourth-order valence-electron chi connectivity index (χ4n) is 2.12. The van der Waals surface area contributed by atoms with Crippen molar-refractivity contribution < 1.29 is 0 Å². The first kappa shape index (κ1) is 12.0.